The minimum Gasteiger partial charge on any atom is -0.494 e. The molecule has 0 spiro atoms. The normalized spacial score (nSPS) is 25.7. The Bertz CT molecular complexity index is 1490. The first kappa shape index (κ1) is 32.0. The van der Waals surface area contributed by atoms with E-state index < -0.39 is 27.8 Å². The molecule has 3 aliphatic heterocycles. The zero-order valence-corrected chi connectivity index (χ0v) is 27.4. The molecule has 9 heteroatoms. The number of carbonyl (C=O) groups is 1. The minimum atomic E-state index is -1.47. The van der Waals surface area contributed by atoms with Crippen LogP contribution in [0.15, 0.2) is 66.1 Å². The summed E-state index contributed by atoms with van der Waals surface area (Å²) in [5, 5.41) is 24.2. The third-order valence-electron chi connectivity index (χ3n) is 8.66. The lowest BCUT2D eigenvalue weighted by atomic mass is 9.82. The van der Waals surface area contributed by atoms with Crippen molar-refractivity contribution in [3.8, 4) is 17.2 Å². The topological polar surface area (TPSA) is 101 Å². The molecule has 2 aromatic rings. The van der Waals surface area contributed by atoms with E-state index in [1.54, 1.807) is 18.2 Å². The van der Waals surface area contributed by atoms with Gasteiger partial charge in [0.15, 0.2) is 0 Å². The number of benzene rings is 2. The Morgan fingerprint density at radius 3 is 1.91 bits per heavy atom. The number of ether oxygens (including phenoxy) is 4. The van der Waals surface area contributed by atoms with Crippen molar-refractivity contribution >= 4 is 5.78 Å². The predicted molar refractivity (Wildman–Crippen MR) is 166 cm³/mol. The first-order valence-corrected chi connectivity index (χ1v) is 15.2. The Labute approximate surface area is 260 Å². The molecule has 2 N–H and O–H groups in total. The highest BCUT2D eigenvalue weighted by Crippen LogP contribution is 2.45. The zero-order valence-electron chi connectivity index (χ0n) is 27.4. The van der Waals surface area contributed by atoms with E-state index in [2.05, 4.69) is 0 Å². The Morgan fingerprint density at radius 1 is 0.795 bits per heavy atom. The van der Waals surface area contributed by atoms with E-state index in [4.69, 9.17) is 18.9 Å². The molecular weight excluding hydrogens is 560 g/mol. The van der Waals surface area contributed by atoms with Crippen LogP contribution < -0.4 is 14.2 Å². The van der Waals surface area contributed by atoms with E-state index in [-0.39, 0.29) is 12.4 Å². The van der Waals surface area contributed by atoms with E-state index >= 15 is 0 Å². The molecule has 9 nitrogen and oxygen atoms in total. The van der Waals surface area contributed by atoms with Gasteiger partial charge in [0.25, 0.3) is 0 Å². The van der Waals surface area contributed by atoms with Gasteiger partial charge in [-0.2, -0.15) is 10.1 Å². The standard InChI is InChI=1S/C35H46N2O7/c1-10-41-25-15-16-28-29(17-25)42-22-35(30(28)38,44-27-20-33(6,7)37(40)34(8,9)21-27)23-11-13-24(14-12-23)43-26-18-31(2,3)36(39)32(4,5)19-26/h11-18,20,39-40H,10,19,21-22H2,1-9H3. The fourth-order valence-electron chi connectivity index (χ4n) is 6.75. The average Bonchev–Trinajstić information content (AvgIpc) is 2.92. The lowest BCUT2D eigenvalue weighted by molar-refractivity contribution is -0.220. The first-order chi connectivity index (χ1) is 20.4. The van der Waals surface area contributed by atoms with Gasteiger partial charge in [-0.05, 0) is 98.7 Å². The molecule has 0 saturated carbocycles. The number of nitrogens with zero attached hydrogens (tertiary/aromatic N) is 2. The summed E-state index contributed by atoms with van der Waals surface area (Å²) in [5.74, 6) is 2.82. The molecule has 44 heavy (non-hydrogen) atoms. The number of hydrogen-bond acceptors (Lipinski definition) is 9. The van der Waals surface area contributed by atoms with Crippen molar-refractivity contribution in [3.63, 3.8) is 0 Å². The molecule has 3 aliphatic rings. The van der Waals surface area contributed by atoms with Crippen molar-refractivity contribution in [3.05, 3.63) is 77.3 Å². The van der Waals surface area contributed by atoms with Crippen LogP contribution in [0.2, 0.25) is 0 Å². The van der Waals surface area contributed by atoms with Crippen molar-refractivity contribution in [1.29, 1.82) is 0 Å². The number of Topliss-reactive ketones (excluding diaryl/α,β-unsaturated/α-hetero) is 1. The zero-order chi connectivity index (χ0) is 32.3. The summed E-state index contributed by atoms with van der Waals surface area (Å²) in [4.78, 5) is 14.4. The van der Waals surface area contributed by atoms with Crippen LogP contribution in [0.1, 0.15) is 91.1 Å². The maximum absolute atomic E-state index is 14.4. The van der Waals surface area contributed by atoms with Crippen LogP contribution in [0.5, 0.6) is 17.2 Å². The third kappa shape index (κ3) is 5.74. The van der Waals surface area contributed by atoms with E-state index in [1.165, 1.54) is 10.1 Å². The summed E-state index contributed by atoms with van der Waals surface area (Å²) in [5.41, 5.74) is -2.91. The van der Waals surface area contributed by atoms with Crippen molar-refractivity contribution in [2.75, 3.05) is 13.2 Å². The molecule has 0 aliphatic carbocycles. The van der Waals surface area contributed by atoms with E-state index in [1.807, 2.05) is 98.7 Å². The molecule has 0 fully saturated rings. The highest BCUT2D eigenvalue weighted by molar-refractivity contribution is 6.06. The smallest absolute Gasteiger partial charge is 0.229 e. The maximum Gasteiger partial charge on any atom is 0.229 e. The van der Waals surface area contributed by atoms with Gasteiger partial charge in [-0.3, -0.25) is 4.79 Å². The Hall–Kier alpha value is -3.37. The quantitative estimate of drug-likeness (QED) is 0.344. The average molecular weight is 607 g/mol. The molecule has 0 saturated heterocycles. The monoisotopic (exact) mass is 606 g/mol. The molecule has 238 valence electrons. The van der Waals surface area contributed by atoms with E-state index in [9.17, 15) is 15.2 Å². The highest BCUT2D eigenvalue weighted by atomic mass is 16.6. The summed E-state index contributed by atoms with van der Waals surface area (Å²) in [6.45, 7) is 17.8. The Kier molecular flexibility index (Phi) is 7.94. The van der Waals surface area contributed by atoms with Gasteiger partial charge >= 0.3 is 0 Å². The van der Waals surface area contributed by atoms with E-state index in [0.717, 1.165) is 5.76 Å². The summed E-state index contributed by atoms with van der Waals surface area (Å²) >= 11 is 0. The van der Waals surface area contributed by atoms with Crippen LogP contribution in [-0.2, 0) is 10.3 Å². The number of fused-ring (bicyclic) bond motifs is 1. The van der Waals surface area contributed by atoms with Gasteiger partial charge in [-0.1, -0.05) is 12.1 Å². The van der Waals surface area contributed by atoms with Crippen LogP contribution >= 0.6 is 0 Å². The fourth-order valence-corrected chi connectivity index (χ4v) is 6.75. The Balaban J connectivity index is 1.52. The van der Waals surface area contributed by atoms with Crippen molar-refractivity contribution in [2.45, 2.75) is 103 Å². The fraction of sp³-hybridized carbons (Fsp3) is 0.514. The first-order valence-electron chi connectivity index (χ1n) is 15.2. The predicted octanol–water partition coefficient (Wildman–Crippen LogP) is 7.02. The van der Waals surface area contributed by atoms with Gasteiger partial charge in [0, 0.05) is 35.5 Å². The van der Waals surface area contributed by atoms with Crippen LogP contribution in [0.4, 0.5) is 0 Å². The van der Waals surface area contributed by atoms with Crippen molar-refractivity contribution in [2.24, 2.45) is 0 Å². The highest BCUT2D eigenvalue weighted by Gasteiger charge is 2.51. The van der Waals surface area contributed by atoms with Gasteiger partial charge < -0.3 is 29.4 Å². The number of ketones is 1. The summed E-state index contributed by atoms with van der Waals surface area (Å²) in [7, 11) is 0. The van der Waals surface area contributed by atoms with Crippen LogP contribution in [0, 0.1) is 0 Å². The molecule has 0 radical (unpaired) electrons. The van der Waals surface area contributed by atoms with Gasteiger partial charge in [-0.15, -0.1) is 0 Å². The number of hydroxylamine groups is 4. The molecular formula is C35H46N2O7. The second-order valence-corrected chi connectivity index (χ2v) is 14.4. The van der Waals surface area contributed by atoms with Crippen LogP contribution in [0.25, 0.3) is 0 Å². The van der Waals surface area contributed by atoms with Gasteiger partial charge in [0.1, 0.15) is 29.6 Å². The third-order valence-corrected chi connectivity index (χ3v) is 8.66. The summed E-state index contributed by atoms with van der Waals surface area (Å²) in [6.07, 6.45) is 4.70. The van der Waals surface area contributed by atoms with Gasteiger partial charge in [0.05, 0.1) is 29.0 Å². The molecule has 1 atom stereocenters. The second kappa shape index (κ2) is 10.9. The van der Waals surface area contributed by atoms with Gasteiger partial charge in [0.2, 0.25) is 11.4 Å². The van der Waals surface area contributed by atoms with Crippen molar-refractivity contribution in [1.82, 2.24) is 10.1 Å². The summed E-state index contributed by atoms with van der Waals surface area (Å²) < 4.78 is 24.9. The molecule has 0 amide bonds. The molecule has 0 bridgehead atoms. The van der Waals surface area contributed by atoms with Crippen LogP contribution in [0.3, 0.4) is 0 Å². The molecule has 0 aromatic heterocycles. The molecule has 5 rings (SSSR count). The number of carbonyl (C=O) groups excluding carboxylic acids is 1. The number of rotatable bonds is 7. The minimum absolute atomic E-state index is 0.0461. The maximum atomic E-state index is 14.4. The number of hydrogen-bond donors (Lipinski definition) is 2. The van der Waals surface area contributed by atoms with E-state index in [0.29, 0.717) is 53.6 Å². The van der Waals surface area contributed by atoms with Crippen LogP contribution in [-0.4, -0.2) is 61.7 Å². The summed E-state index contributed by atoms with van der Waals surface area (Å²) in [6, 6.07) is 12.6. The lowest BCUT2D eigenvalue weighted by Crippen LogP contribution is -2.56. The largest absolute Gasteiger partial charge is 0.494 e. The Morgan fingerprint density at radius 2 is 1.34 bits per heavy atom. The SMILES string of the molecule is CCOc1ccc2c(c1)OCC(OC1=CC(C)(C)N(O)C(C)(C)C1)(c1ccc(OC3=CC(C)(C)N(O)C(C)(C)C3)cc1)C2=O. The van der Waals surface area contributed by atoms with Crippen molar-refractivity contribution < 1.29 is 34.2 Å². The molecule has 3 heterocycles. The molecule has 1 unspecified atom stereocenters. The molecule has 2 aromatic carbocycles. The second-order valence-electron chi connectivity index (χ2n) is 14.4. The lowest BCUT2D eigenvalue weighted by Gasteiger charge is -2.48. The van der Waals surface area contributed by atoms with Gasteiger partial charge in [-0.25, -0.2) is 0 Å².